The van der Waals surface area contributed by atoms with E-state index < -0.39 is 27.5 Å². The van der Waals surface area contributed by atoms with Crippen LogP contribution in [0.5, 0.6) is 0 Å². The van der Waals surface area contributed by atoms with E-state index in [-0.39, 0.29) is 30.5 Å². The normalized spacial score (nSPS) is 15.8. The summed E-state index contributed by atoms with van der Waals surface area (Å²) in [6.45, 7) is 0.408. The maximum atomic E-state index is 13.8. The number of nitrogens with two attached hydrogens (primary N) is 1. The van der Waals surface area contributed by atoms with Gasteiger partial charge in [-0.3, -0.25) is 9.59 Å². The van der Waals surface area contributed by atoms with E-state index in [1.54, 1.807) is 18.2 Å². The molecule has 29 heavy (non-hydrogen) atoms. The number of hydrogen-bond acceptors (Lipinski definition) is 4. The average molecular weight is 419 g/mol. The van der Waals surface area contributed by atoms with Crippen LogP contribution < -0.4 is 11.1 Å². The predicted octanol–water partition coefficient (Wildman–Crippen LogP) is 2.11. The summed E-state index contributed by atoms with van der Waals surface area (Å²) < 4.78 is 40.2. The van der Waals surface area contributed by atoms with Crippen molar-refractivity contribution in [3.63, 3.8) is 0 Å². The number of amides is 2. The molecule has 3 N–H and O–H groups in total. The third-order valence-corrected chi connectivity index (χ3v) is 6.78. The molecular formula is C20H22FN3O4S. The third-order valence-electron chi connectivity index (χ3n) is 4.95. The van der Waals surface area contributed by atoms with Gasteiger partial charge in [0.25, 0.3) is 0 Å². The molecule has 7 nitrogen and oxygen atoms in total. The number of rotatable bonds is 6. The van der Waals surface area contributed by atoms with Gasteiger partial charge in [-0.1, -0.05) is 18.2 Å². The Labute approximate surface area is 168 Å². The van der Waals surface area contributed by atoms with Gasteiger partial charge >= 0.3 is 0 Å². The summed E-state index contributed by atoms with van der Waals surface area (Å²) in [5.41, 5.74) is 6.20. The molecule has 1 saturated heterocycles. The quantitative estimate of drug-likeness (QED) is 0.747. The first kappa shape index (κ1) is 20.9. The van der Waals surface area contributed by atoms with E-state index in [0.717, 1.165) is 0 Å². The summed E-state index contributed by atoms with van der Waals surface area (Å²) in [4.78, 5) is 23.5. The summed E-state index contributed by atoms with van der Waals surface area (Å²) in [5.74, 6) is -2.03. The lowest BCUT2D eigenvalue weighted by Crippen LogP contribution is -2.42. The number of nitrogens with one attached hydrogen (secondary N) is 1. The number of carbonyl (C=O) groups excluding carboxylic acids is 2. The van der Waals surface area contributed by atoms with Gasteiger partial charge in [0.05, 0.1) is 5.75 Å². The van der Waals surface area contributed by atoms with Crippen molar-refractivity contribution in [1.29, 1.82) is 0 Å². The van der Waals surface area contributed by atoms with Crippen LogP contribution >= 0.6 is 0 Å². The van der Waals surface area contributed by atoms with Crippen LogP contribution in [0.15, 0.2) is 48.5 Å². The van der Waals surface area contributed by atoms with Crippen molar-refractivity contribution in [2.75, 3.05) is 18.4 Å². The maximum Gasteiger partial charge on any atom is 0.248 e. The number of nitrogens with zero attached hydrogens (tertiary/aromatic N) is 1. The van der Waals surface area contributed by atoms with Crippen molar-refractivity contribution in [3.05, 3.63) is 65.5 Å². The molecule has 154 valence electrons. The Morgan fingerprint density at radius 1 is 1.07 bits per heavy atom. The van der Waals surface area contributed by atoms with Crippen molar-refractivity contribution < 1.29 is 22.4 Å². The first-order chi connectivity index (χ1) is 13.8. The van der Waals surface area contributed by atoms with Gasteiger partial charge in [0.1, 0.15) is 5.82 Å². The van der Waals surface area contributed by atoms with Crippen molar-refractivity contribution in [2.24, 2.45) is 11.7 Å². The highest BCUT2D eigenvalue weighted by molar-refractivity contribution is 7.88. The fourth-order valence-corrected chi connectivity index (χ4v) is 4.84. The van der Waals surface area contributed by atoms with Crippen LogP contribution in [-0.2, 0) is 20.6 Å². The summed E-state index contributed by atoms with van der Waals surface area (Å²) in [7, 11) is -3.66. The summed E-state index contributed by atoms with van der Waals surface area (Å²) >= 11 is 0. The molecule has 1 heterocycles. The SMILES string of the molecule is NC(=O)c1ccc(NC(=O)C2CCN(S(=O)(=O)Cc3ccccc3F)CC2)cc1. The zero-order chi connectivity index (χ0) is 21.0. The van der Waals surface area contributed by atoms with E-state index in [0.29, 0.717) is 24.1 Å². The number of piperidine rings is 1. The Morgan fingerprint density at radius 2 is 1.69 bits per heavy atom. The zero-order valence-corrected chi connectivity index (χ0v) is 16.5. The fraction of sp³-hybridized carbons (Fsp3) is 0.300. The lowest BCUT2D eigenvalue weighted by Gasteiger charge is -2.30. The van der Waals surface area contributed by atoms with Crippen LogP contribution in [0.4, 0.5) is 10.1 Å². The Kier molecular flexibility index (Phi) is 6.29. The summed E-state index contributed by atoms with van der Waals surface area (Å²) in [5, 5.41) is 2.77. The standard InChI is InChI=1S/C20H22FN3O4S/c21-18-4-2-1-3-16(18)13-29(27,28)24-11-9-15(10-12-24)20(26)23-17-7-5-14(6-8-17)19(22)25/h1-8,15H,9-13H2,(H2,22,25)(H,23,26). The number of hydrogen-bond donors (Lipinski definition) is 2. The zero-order valence-electron chi connectivity index (χ0n) is 15.7. The van der Waals surface area contributed by atoms with Gasteiger partial charge in [0.2, 0.25) is 21.8 Å². The number of carbonyl (C=O) groups is 2. The summed E-state index contributed by atoms with van der Waals surface area (Å²) in [6.07, 6.45) is 0.753. The predicted molar refractivity (Wildman–Crippen MR) is 107 cm³/mol. The average Bonchev–Trinajstić information content (AvgIpc) is 2.70. The van der Waals surface area contributed by atoms with Crippen LogP contribution in [0.2, 0.25) is 0 Å². The molecule has 9 heteroatoms. The molecule has 1 aliphatic heterocycles. The second-order valence-corrected chi connectivity index (χ2v) is 8.92. The van der Waals surface area contributed by atoms with Crippen molar-refractivity contribution in [3.8, 4) is 0 Å². The van der Waals surface area contributed by atoms with Gasteiger partial charge in [-0.15, -0.1) is 0 Å². The minimum absolute atomic E-state index is 0.131. The Balaban J connectivity index is 1.56. The Bertz CT molecular complexity index is 1000. The van der Waals surface area contributed by atoms with E-state index in [1.165, 1.54) is 34.6 Å². The highest BCUT2D eigenvalue weighted by atomic mass is 32.2. The van der Waals surface area contributed by atoms with Crippen molar-refractivity contribution >= 4 is 27.5 Å². The van der Waals surface area contributed by atoms with Crippen LogP contribution in [0.1, 0.15) is 28.8 Å². The minimum atomic E-state index is -3.66. The van der Waals surface area contributed by atoms with Gasteiger partial charge in [0.15, 0.2) is 0 Å². The first-order valence-electron chi connectivity index (χ1n) is 9.18. The molecule has 0 aromatic heterocycles. The molecule has 2 aromatic carbocycles. The molecule has 0 saturated carbocycles. The van der Waals surface area contributed by atoms with Gasteiger partial charge in [-0.25, -0.2) is 17.1 Å². The maximum absolute atomic E-state index is 13.8. The topological polar surface area (TPSA) is 110 Å². The monoisotopic (exact) mass is 419 g/mol. The Morgan fingerprint density at radius 3 is 2.28 bits per heavy atom. The first-order valence-corrected chi connectivity index (χ1v) is 10.8. The lowest BCUT2D eigenvalue weighted by atomic mass is 9.97. The van der Waals surface area contributed by atoms with Crippen molar-refractivity contribution in [2.45, 2.75) is 18.6 Å². The third kappa shape index (κ3) is 5.18. The van der Waals surface area contributed by atoms with Gasteiger partial charge in [-0.05, 0) is 43.2 Å². The van der Waals surface area contributed by atoms with Gasteiger partial charge in [0, 0.05) is 35.8 Å². The van der Waals surface area contributed by atoms with E-state index in [4.69, 9.17) is 5.73 Å². The summed E-state index contributed by atoms with van der Waals surface area (Å²) in [6, 6.07) is 12.0. The lowest BCUT2D eigenvalue weighted by molar-refractivity contribution is -0.120. The molecule has 0 radical (unpaired) electrons. The highest BCUT2D eigenvalue weighted by Gasteiger charge is 2.31. The molecule has 0 aliphatic carbocycles. The molecule has 2 amide bonds. The van der Waals surface area contributed by atoms with Crippen LogP contribution in [-0.4, -0.2) is 37.6 Å². The molecule has 0 unspecified atom stereocenters. The number of benzene rings is 2. The van der Waals surface area contributed by atoms with Gasteiger partial charge in [-0.2, -0.15) is 0 Å². The highest BCUT2D eigenvalue weighted by Crippen LogP contribution is 2.24. The number of sulfonamides is 1. The molecule has 3 rings (SSSR count). The fourth-order valence-electron chi connectivity index (χ4n) is 3.26. The molecule has 1 aliphatic rings. The Hall–Kier alpha value is -2.78. The van der Waals surface area contributed by atoms with Crippen LogP contribution in [0.25, 0.3) is 0 Å². The van der Waals surface area contributed by atoms with E-state index in [9.17, 15) is 22.4 Å². The molecular weight excluding hydrogens is 397 g/mol. The van der Waals surface area contributed by atoms with Crippen molar-refractivity contribution in [1.82, 2.24) is 4.31 Å². The van der Waals surface area contributed by atoms with Crippen LogP contribution in [0.3, 0.4) is 0 Å². The van der Waals surface area contributed by atoms with E-state index in [2.05, 4.69) is 5.32 Å². The number of anilines is 1. The second kappa shape index (κ2) is 8.71. The van der Waals surface area contributed by atoms with Gasteiger partial charge < -0.3 is 11.1 Å². The van der Waals surface area contributed by atoms with E-state index in [1.807, 2.05) is 0 Å². The minimum Gasteiger partial charge on any atom is -0.366 e. The molecule has 0 spiro atoms. The van der Waals surface area contributed by atoms with E-state index >= 15 is 0 Å². The molecule has 0 bridgehead atoms. The second-order valence-electron chi connectivity index (χ2n) is 6.95. The molecule has 2 aromatic rings. The smallest absolute Gasteiger partial charge is 0.248 e. The molecule has 0 atom stereocenters. The number of halogens is 1. The molecule has 1 fully saturated rings. The number of primary amides is 1. The van der Waals surface area contributed by atoms with Crippen LogP contribution in [0, 0.1) is 11.7 Å². The largest absolute Gasteiger partial charge is 0.366 e.